The van der Waals surface area contributed by atoms with Gasteiger partial charge in [0, 0.05) is 42.3 Å². The van der Waals surface area contributed by atoms with Crippen LogP contribution in [-0.4, -0.2) is 64.3 Å². The Kier molecular flexibility index (Phi) is 6.28. The van der Waals surface area contributed by atoms with Crippen molar-refractivity contribution in [3.05, 3.63) is 89.0 Å². The predicted octanol–water partition coefficient (Wildman–Crippen LogP) is 4.74. The van der Waals surface area contributed by atoms with E-state index in [1.165, 1.54) is 16.3 Å². The fraction of sp³-hybridized carbons (Fsp3) is 0.207. The van der Waals surface area contributed by atoms with Crippen LogP contribution in [0.25, 0.3) is 27.8 Å². The summed E-state index contributed by atoms with van der Waals surface area (Å²) in [5.74, 6) is -0.666. The van der Waals surface area contributed by atoms with Gasteiger partial charge in [0.2, 0.25) is 5.91 Å². The molecule has 2 aliphatic rings. The van der Waals surface area contributed by atoms with Crippen molar-refractivity contribution >= 4 is 56.6 Å². The number of nitrogens with zero attached hydrogens (tertiary/aromatic N) is 3. The van der Waals surface area contributed by atoms with Crippen LogP contribution in [0, 0.1) is 0 Å². The molecule has 3 heterocycles. The van der Waals surface area contributed by atoms with Crippen LogP contribution in [0.2, 0.25) is 0 Å². The Labute approximate surface area is 218 Å². The van der Waals surface area contributed by atoms with Crippen LogP contribution in [0.15, 0.2) is 77.8 Å². The zero-order valence-electron chi connectivity index (χ0n) is 20.1. The third-order valence-corrected chi connectivity index (χ3v) is 7.76. The molecule has 0 saturated carbocycles. The highest BCUT2D eigenvalue weighted by molar-refractivity contribution is 8.18. The molecule has 0 N–H and O–H groups in total. The minimum Gasteiger partial charge on any atom is -0.378 e. The number of morpholine rings is 1. The van der Waals surface area contributed by atoms with Crippen LogP contribution in [0.1, 0.15) is 11.1 Å². The monoisotopic (exact) mass is 511 g/mol. The summed E-state index contributed by atoms with van der Waals surface area (Å²) in [5.41, 5.74) is 3.11. The molecule has 8 heteroatoms. The van der Waals surface area contributed by atoms with Gasteiger partial charge in [0.1, 0.15) is 6.54 Å². The molecule has 37 heavy (non-hydrogen) atoms. The number of amides is 3. The number of ether oxygens (including phenoxy) is 1. The van der Waals surface area contributed by atoms with E-state index in [9.17, 15) is 14.4 Å². The molecule has 2 saturated heterocycles. The van der Waals surface area contributed by atoms with Gasteiger partial charge in [-0.1, -0.05) is 60.7 Å². The van der Waals surface area contributed by atoms with Crippen LogP contribution in [-0.2, 0) is 20.9 Å². The summed E-state index contributed by atoms with van der Waals surface area (Å²) in [5, 5.41) is 2.98. The van der Waals surface area contributed by atoms with Crippen molar-refractivity contribution in [3.8, 4) is 0 Å². The smallest absolute Gasteiger partial charge is 0.294 e. The van der Waals surface area contributed by atoms with Gasteiger partial charge in [-0.25, -0.2) is 0 Å². The van der Waals surface area contributed by atoms with Gasteiger partial charge in [-0.3, -0.25) is 19.3 Å². The van der Waals surface area contributed by atoms with Gasteiger partial charge in [0.05, 0.1) is 18.1 Å². The molecule has 6 rings (SSSR count). The van der Waals surface area contributed by atoms with Crippen LogP contribution in [0.3, 0.4) is 0 Å². The number of fused-ring (bicyclic) bond motifs is 2. The van der Waals surface area contributed by atoms with Gasteiger partial charge in [0.15, 0.2) is 0 Å². The average Bonchev–Trinajstić information content (AvgIpc) is 3.41. The van der Waals surface area contributed by atoms with Crippen molar-refractivity contribution in [3.63, 3.8) is 0 Å². The molecule has 1 aromatic heterocycles. The van der Waals surface area contributed by atoms with E-state index in [-0.39, 0.29) is 12.5 Å². The fourth-order valence-electron chi connectivity index (χ4n) is 4.96. The first-order valence-electron chi connectivity index (χ1n) is 12.2. The van der Waals surface area contributed by atoms with Crippen LogP contribution < -0.4 is 0 Å². The van der Waals surface area contributed by atoms with E-state index >= 15 is 0 Å². The maximum absolute atomic E-state index is 13.1. The van der Waals surface area contributed by atoms with Crippen LogP contribution >= 0.6 is 11.8 Å². The largest absolute Gasteiger partial charge is 0.378 e. The van der Waals surface area contributed by atoms with Gasteiger partial charge >= 0.3 is 0 Å². The molecular weight excluding hydrogens is 486 g/mol. The fourth-order valence-corrected chi connectivity index (χ4v) is 5.79. The highest BCUT2D eigenvalue weighted by Gasteiger charge is 2.37. The van der Waals surface area contributed by atoms with Crippen molar-refractivity contribution in [2.45, 2.75) is 6.54 Å². The van der Waals surface area contributed by atoms with Crippen molar-refractivity contribution in [1.29, 1.82) is 0 Å². The lowest BCUT2D eigenvalue weighted by Gasteiger charge is -2.28. The quantitative estimate of drug-likeness (QED) is 0.362. The van der Waals surface area contributed by atoms with E-state index in [2.05, 4.69) is 41.0 Å². The first kappa shape index (κ1) is 23.5. The number of para-hydroxylation sites is 1. The highest BCUT2D eigenvalue weighted by Crippen LogP contribution is 2.34. The molecule has 0 aliphatic carbocycles. The van der Waals surface area contributed by atoms with E-state index in [0.29, 0.717) is 37.8 Å². The van der Waals surface area contributed by atoms with Crippen molar-refractivity contribution < 1.29 is 19.1 Å². The number of benzene rings is 3. The predicted molar refractivity (Wildman–Crippen MR) is 145 cm³/mol. The number of imide groups is 1. The van der Waals surface area contributed by atoms with Crippen molar-refractivity contribution in [2.24, 2.45) is 0 Å². The van der Waals surface area contributed by atoms with Crippen molar-refractivity contribution in [2.75, 3.05) is 32.8 Å². The van der Waals surface area contributed by atoms with Gasteiger partial charge in [-0.15, -0.1) is 0 Å². The molecule has 0 spiro atoms. The summed E-state index contributed by atoms with van der Waals surface area (Å²) in [6.45, 7) is 2.31. The second-order valence-electron chi connectivity index (χ2n) is 9.13. The van der Waals surface area contributed by atoms with E-state index in [1.54, 1.807) is 11.0 Å². The molecule has 0 bridgehead atoms. The molecule has 7 nitrogen and oxygen atoms in total. The molecule has 186 valence electrons. The Morgan fingerprint density at radius 2 is 1.65 bits per heavy atom. The summed E-state index contributed by atoms with van der Waals surface area (Å²) in [6.07, 6.45) is 3.80. The average molecular weight is 512 g/mol. The van der Waals surface area contributed by atoms with Crippen LogP contribution in [0.4, 0.5) is 4.79 Å². The molecule has 0 radical (unpaired) electrons. The van der Waals surface area contributed by atoms with Gasteiger partial charge < -0.3 is 14.2 Å². The Bertz CT molecular complexity index is 1560. The van der Waals surface area contributed by atoms with Crippen LogP contribution in [0.5, 0.6) is 0 Å². The maximum Gasteiger partial charge on any atom is 0.294 e. The number of carbonyl (C=O) groups is 3. The molecule has 3 aromatic carbocycles. The van der Waals surface area contributed by atoms with Gasteiger partial charge in [0.25, 0.3) is 11.1 Å². The molecule has 2 aliphatic heterocycles. The van der Waals surface area contributed by atoms with E-state index in [1.807, 2.05) is 36.5 Å². The standard InChI is InChI=1S/C29H25N3O4S/c33-27(30-12-14-36-15-13-30)19-32-28(34)26(37-29(32)35)16-22-18-31(25-11-4-3-10-24(22)25)17-21-8-5-7-20-6-1-2-9-23(20)21/h1-11,16,18H,12-15,17,19H2/b26-16+. The van der Waals surface area contributed by atoms with Crippen molar-refractivity contribution in [1.82, 2.24) is 14.4 Å². The number of hydrogen-bond acceptors (Lipinski definition) is 5. The lowest BCUT2D eigenvalue weighted by atomic mass is 10.0. The Balaban J connectivity index is 1.29. The molecule has 0 unspecified atom stereocenters. The normalized spacial score (nSPS) is 17.5. The number of thioether (sulfide) groups is 1. The third-order valence-electron chi connectivity index (χ3n) is 6.86. The molecule has 2 fully saturated rings. The SMILES string of the molecule is O=C(CN1C(=O)S/C(=C/c2cn(Cc3cccc4ccccc34)c3ccccc23)C1=O)N1CCOCC1. The Hall–Kier alpha value is -3.88. The Morgan fingerprint density at radius 3 is 2.49 bits per heavy atom. The second-order valence-corrected chi connectivity index (χ2v) is 10.1. The van der Waals surface area contributed by atoms with Gasteiger partial charge in [-0.2, -0.15) is 0 Å². The number of hydrogen-bond donors (Lipinski definition) is 0. The summed E-state index contributed by atoms with van der Waals surface area (Å²) in [7, 11) is 0. The third kappa shape index (κ3) is 4.54. The maximum atomic E-state index is 13.1. The summed E-state index contributed by atoms with van der Waals surface area (Å²) >= 11 is 0.883. The number of rotatable bonds is 5. The molecular formula is C29H25N3O4S. The van der Waals surface area contributed by atoms with Gasteiger partial charge in [-0.05, 0) is 40.2 Å². The summed E-state index contributed by atoms with van der Waals surface area (Å²) < 4.78 is 7.46. The second kappa shape index (κ2) is 9.88. The zero-order valence-corrected chi connectivity index (χ0v) is 20.9. The summed E-state index contributed by atoms with van der Waals surface area (Å²) in [4.78, 5) is 41.5. The van der Waals surface area contributed by atoms with E-state index in [4.69, 9.17) is 4.74 Å². The van der Waals surface area contributed by atoms with E-state index < -0.39 is 11.1 Å². The summed E-state index contributed by atoms with van der Waals surface area (Å²) in [6, 6.07) is 22.7. The molecule has 4 aromatic rings. The first-order valence-corrected chi connectivity index (χ1v) is 13.1. The molecule has 3 amide bonds. The Morgan fingerprint density at radius 1 is 0.919 bits per heavy atom. The lowest BCUT2D eigenvalue weighted by Crippen LogP contribution is -2.46. The zero-order chi connectivity index (χ0) is 25.4. The minimum absolute atomic E-state index is 0.237. The van der Waals surface area contributed by atoms with E-state index in [0.717, 1.165) is 33.1 Å². The number of carbonyl (C=O) groups excluding carboxylic acids is 3. The highest BCUT2D eigenvalue weighted by atomic mass is 32.2. The minimum atomic E-state index is -0.428. The molecule has 0 atom stereocenters. The lowest BCUT2D eigenvalue weighted by molar-refractivity contribution is -0.139. The number of aromatic nitrogens is 1. The first-order chi connectivity index (χ1) is 18.1. The topological polar surface area (TPSA) is 71.9 Å².